The number of carboxylic acids is 1. The van der Waals surface area contributed by atoms with Crippen LogP contribution >= 0.6 is 0 Å². The molecule has 0 unspecified atom stereocenters. The molecule has 0 amide bonds. The lowest BCUT2D eigenvalue weighted by Gasteiger charge is -2.36. The van der Waals surface area contributed by atoms with Gasteiger partial charge < -0.3 is 14.8 Å². The maximum Gasteiger partial charge on any atom is 0.354 e. The van der Waals surface area contributed by atoms with Crippen LogP contribution in [0.15, 0.2) is 18.3 Å². The first-order valence-corrected chi connectivity index (χ1v) is 10.1. The molecule has 118 valence electrons. The Balaban J connectivity index is 2.30. The minimum absolute atomic E-state index is 0.0695. The molecule has 1 aromatic rings. The van der Waals surface area contributed by atoms with Crippen LogP contribution in [0.5, 0.6) is 0 Å². The number of nitrogens with zero attached hydrogens (tertiary/aromatic N) is 1. The third kappa shape index (κ3) is 5.57. The van der Waals surface area contributed by atoms with Gasteiger partial charge in [0.25, 0.3) is 0 Å². The summed E-state index contributed by atoms with van der Waals surface area (Å²) in [5.74, 6) is -1.00. The van der Waals surface area contributed by atoms with E-state index in [2.05, 4.69) is 44.2 Å². The van der Waals surface area contributed by atoms with Gasteiger partial charge in [-0.2, -0.15) is 0 Å². The van der Waals surface area contributed by atoms with Crippen molar-refractivity contribution in [2.24, 2.45) is 0 Å². The van der Waals surface area contributed by atoms with Crippen LogP contribution in [0.4, 0.5) is 0 Å². The quantitative estimate of drug-likeness (QED) is 0.598. The topological polar surface area (TPSA) is 71.5 Å². The van der Waals surface area contributed by atoms with Gasteiger partial charge >= 0.3 is 5.97 Å². The Morgan fingerprint density at radius 2 is 2.05 bits per heavy atom. The monoisotopic (exact) mass is 310 g/mol. The summed E-state index contributed by atoms with van der Waals surface area (Å²) in [6.45, 7) is 13.3. The van der Waals surface area contributed by atoms with Crippen LogP contribution in [0.2, 0.25) is 18.1 Å². The second kappa shape index (κ2) is 7.15. The van der Waals surface area contributed by atoms with Crippen molar-refractivity contribution in [1.82, 2.24) is 10.3 Å². The number of carbonyl (C=O) groups is 1. The first-order chi connectivity index (χ1) is 9.63. The highest BCUT2D eigenvalue weighted by molar-refractivity contribution is 6.74. The fourth-order valence-electron chi connectivity index (χ4n) is 1.48. The van der Waals surface area contributed by atoms with Gasteiger partial charge in [0.1, 0.15) is 5.69 Å². The Morgan fingerprint density at radius 1 is 1.38 bits per heavy atom. The smallest absolute Gasteiger partial charge is 0.354 e. The standard InChI is InChI=1S/C15H26N2O3Si/c1-15(2,3)21(4,5)20-9-8-16-10-12-6-7-13(14(18)19)17-11-12/h6-7,11,16H,8-10H2,1-5H3,(H,18,19). The normalized spacial score (nSPS) is 12.4. The molecular formula is C15H26N2O3Si. The van der Waals surface area contributed by atoms with Gasteiger partial charge in [-0.05, 0) is 29.8 Å². The minimum Gasteiger partial charge on any atom is -0.477 e. The van der Waals surface area contributed by atoms with Gasteiger partial charge in [-0.15, -0.1) is 0 Å². The summed E-state index contributed by atoms with van der Waals surface area (Å²) in [4.78, 5) is 14.6. The lowest BCUT2D eigenvalue weighted by atomic mass is 10.2. The Morgan fingerprint density at radius 3 is 2.52 bits per heavy atom. The molecule has 0 aromatic carbocycles. The Labute approximate surface area is 127 Å². The second-order valence-corrected chi connectivity index (χ2v) is 11.5. The Kier molecular flexibility index (Phi) is 6.06. The number of aromatic nitrogens is 1. The number of hydrogen-bond donors (Lipinski definition) is 2. The molecule has 21 heavy (non-hydrogen) atoms. The summed E-state index contributed by atoms with van der Waals surface area (Å²) < 4.78 is 6.07. The van der Waals surface area contributed by atoms with Gasteiger partial charge in [0.15, 0.2) is 8.32 Å². The molecule has 1 rings (SSSR count). The molecule has 0 atom stereocenters. The molecule has 0 radical (unpaired) electrons. The molecule has 0 aliphatic rings. The van der Waals surface area contributed by atoms with Crippen LogP contribution in [0.25, 0.3) is 0 Å². The van der Waals surface area contributed by atoms with Gasteiger partial charge in [-0.3, -0.25) is 0 Å². The summed E-state index contributed by atoms with van der Waals surface area (Å²) >= 11 is 0. The summed E-state index contributed by atoms with van der Waals surface area (Å²) in [5, 5.41) is 12.3. The van der Waals surface area contributed by atoms with Gasteiger partial charge in [-0.25, -0.2) is 9.78 Å². The molecule has 0 bridgehead atoms. The molecule has 5 nitrogen and oxygen atoms in total. The fraction of sp³-hybridized carbons (Fsp3) is 0.600. The number of rotatable bonds is 7. The SMILES string of the molecule is CC(C)(C)[Si](C)(C)OCCNCc1ccc(C(=O)O)nc1. The largest absolute Gasteiger partial charge is 0.477 e. The summed E-state index contributed by atoms with van der Waals surface area (Å²) in [6.07, 6.45) is 1.59. The summed E-state index contributed by atoms with van der Waals surface area (Å²) in [7, 11) is -1.67. The van der Waals surface area contributed by atoms with Crippen LogP contribution in [-0.2, 0) is 11.0 Å². The zero-order chi connectivity index (χ0) is 16.1. The van der Waals surface area contributed by atoms with Crippen molar-refractivity contribution in [3.63, 3.8) is 0 Å². The number of pyridine rings is 1. The van der Waals surface area contributed by atoms with E-state index in [-0.39, 0.29) is 10.7 Å². The molecule has 0 fully saturated rings. The van der Waals surface area contributed by atoms with Crippen molar-refractivity contribution in [2.45, 2.75) is 45.4 Å². The van der Waals surface area contributed by atoms with Crippen molar-refractivity contribution in [3.05, 3.63) is 29.6 Å². The van der Waals surface area contributed by atoms with E-state index >= 15 is 0 Å². The Hall–Kier alpha value is -1.24. The molecule has 0 aliphatic carbocycles. The average molecular weight is 310 g/mol. The highest BCUT2D eigenvalue weighted by Crippen LogP contribution is 2.36. The molecule has 0 aliphatic heterocycles. The fourth-order valence-corrected chi connectivity index (χ4v) is 2.53. The molecule has 0 spiro atoms. The van der Waals surface area contributed by atoms with E-state index in [9.17, 15) is 4.79 Å². The van der Waals surface area contributed by atoms with Crippen molar-refractivity contribution in [1.29, 1.82) is 0 Å². The maximum absolute atomic E-state index is 10.7. The van der Waals surface area contributed by atoms with Gasteiger partial charge in [0, 0.05) is 25.9 Å². The van der Waals surface area contributed by atoms with E-state index in [0.717, 1.165) is 12.1 Å². The number of nitrogens with one attached hydrogen (secondary N) is 1. The molecular weight excluding hydrogens is 284 g/mol. The number of carboxylic acid groups (broad SMARTS) is 1. The third-order valence-corrected chi connectivity index (χ3v) is 8.46. The first-order valence-electron chi connectivity index (χ1n) is 7.16. The van der Waals surface area contributed by atoms with E-state index in [4.69, 9.17) is 9.53 Å². The van der Waals surface area contributed by atoms with E-state index in [0.29, 0.717) is 13.2 Å². The minimum atomic E-state index is -1.67. The van der Waals surface area contributed by atoms with Crippen LogP contribution in [-0.4, -0.2) is 37.5 Å². The highest BCUT2D eigenvalue weighted by atomic mass is 28.4. The third-order valence-electron chi connectivity index (χ3n) is 3.92. The molecule has 0 saturated carbocycles. The van der Waals surface area contributed by atoms with Crippen molar-refractivity contribution in [3.8, 4) is 0 Å². The number of aromatic carboxylic acids is 1. The second-order valence-electron chi connectivity index (χ2n) is 6.64. The zero-order valence-electron chi connectivity index (χ0n) is 13.6. The van der Waals surface area contributed by atoms with E-state index in [1.54, 1.807) is 12.3 Å². The average Bonchev–Trinajstić information content (AvgIpc) is 2.37. The predicted molar refractivity (Wildman–Crippen MR) is 86.1 cm³/mol. The van der Waals surface area contributed by atoms with Crippen molar-refractivity contribution >= 4 is 14.3 Å². The van der Waals surface area contributed by atoms with Crippen molar-refractivity contribution < 1.29 is 14.3 Å². The van der Waals surface area contributed by atoms with Gasteiger partial charge in [0.05, 0.1) is 0 Å². The highest BCUT2D eigenvalue weighted by Gasteiger charge is 2.36. The Bertz CT molecular complexity index is 467. The molecule has 1 heterocycles. The summed E-state index contributed by atoms with van der Waals surface area (Å²) in [6, 6.07) is 3.30. The van der Waals surface area contributed by atoms with Gasteiger partial charge in [-0.1, -0.05) is 26.8 Å². The lowest BCUT2D eigenvalue weighted by Crippen LogP contribution is -2.42. The van der Waals surface area contributed by atoms with Crippen LogP contribution in [0, 0.1) is 0 Å². The van der Waals surface area contributed by atoms with E-state index in [1.165, 1.54) is 6.07 Å². The lowest BCUT2D eigenvalue weighted by molar-refractivity contribution is 0.0690. The van der Waals surface area contributed by atoms with E-state index < -0.39 is 14.3 Å². The zero-order valence-corrected chi connectivity index (χ0v) is 14.6. The molecule has 0 saturated heterocycles. The maximum atomic E-state index is 10.7. The molecule has 2 N–H and O–H groups in total. The van der Waals surface area contributed by atoms with Gasteiger partial charge in [0.2, 0.25) is 0 Å². The summed E-state index contributed by atoms with van der Waals surface area (Å²) in [5.41, 5.74) is 1.03. The van der Waals surface area contributed by atoms with Crippen LogP contribution in [0.3, 0.4) is 0 Å². The molecule has 6 heteroatoms. The van der Waals surface area contributed by atoms with Crippen LogP contribution < -0.4 is 5.32 Å². The van der Waals surface area contributed by atoms with E-state index in [1.807, 2.05) is 0 Å². The van der Waals surface area contributed by atoms with Crippen LogP contribution in [0.1, 0.15) is 36.8 Å². The molecule has 1 aromatic heterocycles. The predicted octanol–water partition coefficient (Wildman–Crippen LogP) is 2.89. The first kappa shape index (κ1) is 17.8. The van der Waals surface area contributed by atoms with Crippen molar-refractivity contribution in [2.75, 3.05) is 13.2 Å². The number of hydrogen-bond acceptors (Lipinski definition) is 4.